The van der Waals surface area contributed by atoms with Gasteiger partial charge in [-0.15, -0.1) is 0 Å². The summed E-state index contributed by atoms with van der Waals surface area (Å²) in [5.41, 5.74) is 6.59. The van der Waals surface area contributed by atoms with Gasteiger partial charge in [0.1, 0.15) is 0 Å². The van der Waals surface area contributed by atoms with Gasteiger partial charge >= 0.3 is 0 Å². The first-order chi connectivity index (χ1) is 7.69. The van der Waals surface area contributed by atoms with Crippen LogP contribution in [0.3, 0.4) is 0 Å². The molecule has 1 aromatic rings. The topological polar surface area (TPSA) is 68.0 Å². The Hall–Kier alpha value is -1.23. The third-order valence-electron chi connectivity index (χ3n) is 2.29. The summed E-state index contributed by atoms with van der Waals surface area (Å²) in [5, 5.41) is 2.96. The van der Waals surface area contributed by atoms with E-state index in [0.29, 0.717) is 11.3 Å². The lowest BCUT2D eigenvalue weighted by molar-refractivity contribution is 0.0941. The molecule has 1 rings (SSSR count). The molecule has 16 heavy (non-hydrogen) atoms. The summed E-state index contributed by atoms with van der Waals surface area (Å²) in [6.07, 6.45) is 6.00. The molecule has 0 bridgehead atoms. The van der Waals surface area contributed by atoms with Gasteiger partial charge in [-0.25, -0.2) is 0 Å². The van der Waals surface area contributed by atoms with Gasteiger partial charge in [0.25, 0.3) is 5.91 Å². The lowest BCUT2D eigenvalue weighted by Crippen LogP contribution is -2.36. The van der Waals surface area contributed by atoms with E-state index in [4.69, 9.17) is 5.73 Å². The molecule has 4 nitrogen and oxygen atoms in total. The quantitative estimate of drug-likeness (QED) is 0.817. The first kappa shape index (κ1) is 12.8. The molecule has 0 fully saturated rings. The average Bonchev–Trinajstić information content (AvgIpc) is 2.28. The number of pyridine rings is 1. The standard InChI is InChI=1S/C11H17N3OS/c1-3-8(7-16-2)14-11(15)9-4-5-13-6-10(9)12/h4-6,8H,3,7,12H2,1-2H3,(H,14,15). The highest BCUT2D eigenvalue weighted by Crippen LogP contribution is 2.09. The van der Waals surface area contributed by atoms with Crippen LogP contribution < -0.4 is 11.1 Å². The molecule has 0 radical (unpaired) electrons. The Morgan fingerprint density at radius 3 is 3.00 bits per heavy atom. The van der Waals surface area contributed by atoms with Crippen molar-refractivity contribution in [2.45, 2.75) is 19.4 Å². The zero-order valence-corrected chi connectivity index (χ0v) is 10.4. The number of aromatic nitrogens is 1. The van der Waals surface area contributed by atoms with Crippen LogP contribution in [-0.2, 0) is 0 Å². The van der Waals surface area contributed by atoms with E-state index < -0.39 is 0 Å². The second-order valence-corrected chi connectivity index (χ2v) is 4.41. The number of thioether (sulfide) groups is 1. The highest BCUT2D eigenvalue weighted by Gasteiger charge is 2.13. The maximum Gasteiger partial charge on any atom is 0.253 e. The van der Waals surface area contributed by atoms with Crippen LogP contribution >= 0.6 is 11.8 Å². The van der Waals surface area contributed by atoms with E-state index in [9.17, 15) is 4.79 Å². The molecule has 1 atom stereocenters. The minimum absolute atomic E-state index is 0.124. The van der Waals surface area contributed by atoms with Gasteiger partial charge in [-0.3, -0.25) is 9.78 Å². The van der Waals surface area contributed by atoms with E-state index in [0.717, 1.165) is 12.2 Å². The Balaban J connectivity index is 2.68. The van der Waals surface area contributed by atoms with Crippen LogP contribution in [0.1, 0.15) is 23.7 Å². The number of hydrogen-bond donors (Lipinski definition) is 2. The number of carbonyl (C=O) groups excluding carboxylic acids is 1. The van der Waals surface area contributed by atoms with Crippen LogP contribution in [-0.4, -0.2) is 28.9 Å². The highest BCUT2D eigenvalue weighted by atomic mass is 32.2. The van der Waals surface area contributed by atoms with E-state index in [1.807, 2.05) is 6.26 Å². The Morgan fingerprint density at radius 2 is 2.44 bits per heavy atom. The molecule has 0 aliphatic carbocycles. The van der Waals surface area contributed by atoms with Crippen molar-refractivity contribution in [1.29, 1.82) is 0 Å². The van der Waals surface area contributed by atoms with E-state index in [2.05, 4.69) is 17.2 Å². The van der Waals surface area contributed by atoms with Gasteiger partial charge in [-0.2, -0.15) is 11.8 Å². The molecule has 1 heterocycles. The monoisotopic (exact) mass is 239 g/mol. The molecule has 0 spiro atoms. The summed E-state index contributed by atoms with van der Waals surface area (Å²) in [6, 6.07) is 1.83. The van der Waals surface area contributed by atoms with Crippen molar-refractivity contribution in [2.24, 2.45) is 0 Å². The van der Waals surface area contributed by atoms with Gasteiger partial charge in [-0.05, 0) is 18.7 Å². The number of rotatable bonds is 5. The van der Waals surface area contributed by atoms with Crippen LogP contribution in [0.4, 0.5) is 5.69 Å². The Morgan fingerprint density at radius 1 is 1.69 bits per heavy atom. The second-order valence-electron chi connectivity index (χ2n) is 3.50. The molecule has 0 aliphatic heterocycles. The number of nitrogen functional groups attached to an aromatic ring is 1. The van der Waals surface area contributed by atoms with Crippen LogP contribution in [0, 0.1) is 0 Å². The van der Waals surface area contributed by atoms with E-state index >= 15 is 0 Å². The molecule has 0 saturated carbocycles. The Labute approximate surface area is 100 Å². The third-order valence-corrected chi connectivity index (χ3v) is 3.03. The van der Waals surface area contributed by atoms with Crippen LogP contribution in [0.25, 0.3) is 0 Å². The first-order valence-electron chi connectivity index (χ1n) is 5.18. The van der Waals surface area contributed by atoms with Crippen LogP contribution in [0.15, 0.2) is 18.5 Å². The van der Waals surface area contributed by atoms with Crippen molar-refractivity contribution >= 4 is 23.4 Å². The van der Waals surface area contributed by atoms with Gasteiger partial charge in [0.05, 0.1) is 17.4 Å². The van der Waals surface area contributed by atoms with E-state index in [-0.39, 0.29) is 11.9 Å². The molecule has 5 heteroatoms. The predicted octanol–water partition coefficient (Wildman–Crippen LogP) is 1.54. The number of nitrogens with two attached hydrogens (primary N) is 1. The smallest absolute Gasteiger partial charge is 0.253 e. The molecular formula is C11H17N3OS. The molecule has 1 unspecified atom stereocenters. The average molecular weight is 239 g/mol. The van der Waals surface area contributed by atoms with Gasteiger partial charge in [0.2, 0.25) is 0 Å². The van der Waals surface area contributed by atoms with E-state index in [1.165, 1.54) is 6.20 Å². The number of amides is 1. The summed E-state index contributed by atoms with van der Waals surface area (Å²) in [7, 11) is 0. The number of carbonyl (C=O) groups is 1. The van der Waals surface area contributed by atoms with Gasteiger partial charge in [0.15, 0.2) is 0 Å². The SMILES string of the molecule is CCC(CSC)NC(=O)c1ccncc1N. The first-order valence-corrected chi connectivity index (χ1v) is 6.57. The minimum Gasteiger partial charge on any atom is -0.397 e. The fraction of sp³-hybridized carbons (Fsp3) is 0.455. The summed E-state index contributed by atoms with van der Waals surface area (Å²) in [4.78, 5) is 15.7. The summed E-state index contributed by atoms with van der Waals surface area (Å²) in [6.45, 7) is 2.05. The lowest BCUT2D eigenvalue weighted by atomic mass is 10.2. The summed E-state index contributed by atoms with van der Waals surface area (Å²) >= 11 is 1.72. The highest BCUT2D eigenvalue weighted by molar-refractivity contribution is 7.98. The zero-order chi connectivity index (χ0) is 12.0. The number of hydrogen-bond acceptors (Lipinski definition) is 4. The van der Waals surface area contributed by atoms with Crippen molar-refractivity contribution < 1.29 is 4.79 Å². The van der Waals surface area contributed by atoms with Crippen molar-refractivity contribution in [3.63, 3.8) is 0 Å². The van der Waals surface area contributed by atoms with Crippen LogP contribution in [0.5, 0.6) is 0 Å². The predicted molar refractivity (Wildman–Crippen MR) is 68.6 cm³/mol. The van der Waals surface area contributed by atoms with Gasteiger partial charge in [0, 0.05) is 18.0 Å². The summed E-state index contributed by atoms with van der Waals surface area (Å²) in [5.74, 6) is 0.786. The van der Waals surface area contributed by atoms with Gasteiger partial charge < -0.3 is 11.1 Å². The Kier molecular flexibility index (Phi) is 5.11. The van der Waals surface area contributed by atoms with Crippen molar-refractivity contribution in [3.8, 4) is 0 Å². The van der Waals surface area contributed by atoms with Crippen molar-refractivity contribution in [3.05, 3.63) is 24.0 Å². The fourth-order valence-corrected chi connectivity index (χ4v) is 2.06. The molecule has 0 aliphatic rings. The zero-order valence-electron chi connectivity index (χ0n) is 9.56. The molecular weight excluding hydrogens is 222 g/mol. The third kappa shape index (κ3) is 3.41. The second kappa shape index (κ2) is 6.37. The maximum absolute atomic E-state index is 11.9. The number of anilines is 1. The molecule has 0 aromatic carbocycles. The molecule has 3 N–H and O–H groups in total. The van der Waals surface area contributed by atoms with E-state index in [1.54, 1.807) is 24.0 Å². The summed E-state index contributed by atoms with van der Waals surface area (Å²) < 4.78 is 0. The maximum atomic E-state index is 11.9. The molecule has 88 valence electrons. The largest absolute Gasteiger partial charge is 0.397 e. The van der Waals surface area contributed by atoms with Gasteiger partial charge in [-0.1, -0.05) is 6.92 Å². The molecule has 1 amide bonds. The normalized spacial score (nSPS) is 12.1. The number of nitrogens with zero attached hydrogens (tertiary/aromatic N) is 1. The Bertz CT molecular complexity index is 357. The molecule has 0 saturated heterocycles. The fourth-order valence-electron chi connectivity index (χ4n) is 1.34. The van der Waals surface area contributed by atoms with Crippen molar-refractivity contribution in [1.82, 2.24) is 10.3 Å². The van der Waals surface area contributed by atoms with Crippen molar-refractivity contribution in [2.75, 3.05) is 17.7 Å². The minimum atomic E-state index is -0.124. The van der Waals surface area contributed by atoms with Crippen LogP contribution in [0.2, 0.25) is 0 Å². The molecule has 1 aromatic heterocycles. The number of nitrogens with one attached hydrogen (secondary N) is 1. The lowest BCUT2D eigenvalue weighted by Gasteiger charge is -2.16.